The Morgan fingerprint density at radius 2 is 2.07 bits per heavy atom. The van der Waals surface area contributed by atoms with Crippen LogP contribution in [0.1, 0.15) is 42.0 Å². The summed E-state index contributed by atoms with van der Waals surface area (Å²) >= 11 is 0. The summed E-state index contributed by atoms with van der Waals surface area (Å²) in [6, 6.07) is 5.64. The molecule has 1 N–H and O–H groups in total. The average molecular weight is 406 g/mol. The number of nitrogens with one attached hydrogen (secondary N) is 1. The molecule has 0 spiro atoms. The minimum Gasteiger partial charge on any atom is -0.403 e. The van der Waals surface area contributed by atoms with Crippen molar-refractivity contribution >= 4 is 7.82 Å². The highest BCUT2D eigenvalue weighted by atomic mass is 31.2. The molecule has 4 rings (SSSR count). The highest BCUT2D eigenvalue weighted by molar-refractivity contribution is 7.49. The number of phosphoric acid groups is 1. The predicted molar refractivity (Wildman–Crippen MR) is 103 cm³/mol. The Kier molecular flexibility index (Phi) is 5.04. The molecule has 28 heavy (non-hydrogen) atoms. The van der Waals surface area contributed by atoms with Gasteiger partial charge in [0.2, 0.25) is 0 Å². The molecule has 0 saturated heterocycles. The first-order chi connectivity index (χ1) is 13.3. The van der Waals surface area contributed by atoms with E-state index in [-0.39, 0.29) is 30.7 Å². The predicted octanol–water partition coefficient (Wildman–Crippen LogP) is 3.23. The van der Waals surface area contributed by atoms with E-state index in [1.807, 2.05) is 25.1 Å². The van der Waals surface area contributed by atoms with Crippen LogP contribution in [-0.4, -0.2) is 16.2 Å². The number of hydrogen-bond acceptors (Lipinski definition) is 6. The van der Waals surface area contributed by atoms with Crippen molar-refractivity contribution in [1.29, 1.82) is 0 Å². The fourth-order valence-corrected chi connectivity index (χ4v) is 5.17. The lowest BCUT2D eigenvalue weighted by atomic mass is 10.1. The fraction of sp³-hybridized carbons (Fsp3) is 0.474. The molecule has 1 aromatic carbocycles. The van der Waals surface area contributed by atoms with Gasteiger partial charge in [-0.25, -0.2) is 9.36 Å². The van der Waals surface area contributed by atoms with Gasteiger partial charge in [0.25, 0.3) is 5.56 Å². The molecule has 2 aliphatic rings. The number of benzene rings is 1. The number of rotatable bonds is 4. The Morgan fingerprint density at radius 1 is 1.25 bits per heavy atom. The Hall–Kier alpha value is -2.15. The van der Waals surface area contributed by atoms with Gasteiger partial charge in [-0.05, 0) is 44.6 Å². The van der Waals surface area contributed by atoms with E-state index in [1.54, 1.807) is 17.7 Å². The third-order valence-corrected chi connectivity index (χ3v) is 6.71. The number of aromatic amines is 1. The lowest BCUT2D eigenvalue weighted by Crippen LogP contribution is -2.32. The maximum absolute atomic E-state index is 12.8. The summed E-state index contributed by atoms with van der Waals surface area (Å²) in [6.07, 6.45) is 3.91. The molecule has 9 heteroatoms. The van der Waals surface area contributed by atoms with Gasteiger partial charge in [0.1, 0.15) is 5.75 Å². The van der Waals surface area contributed by atoms with Crippen molar-refractivity contribution in [3.63, 3.8) is 0 Å². The second kappa shape index (κ2) is 7.35. The summed E-state index contributed by atoms with van der Waals surface area (Å²) in [6.45, 7) is 3.98. The molecule has 1 saturated carbocycles. The maximum Gasteiger partial charge on any atom is 0.530 e. The molecule has 8 nitrogen and oxygen atoms in total. The Morgan fingerprint density at radius 3 is 2.89 bits per heavy atom. The summed E-state index contributed by atoms with van der Waals surface area (Å²) in [7, 11) is -3.66. The first-order valence-corrected chi connectivity index (χ1v) is 10.8. The molecule has 1 aliphatic heterocycles. The van der Waals surface area contributed by atoms with Crippen LogP contribution in [0.15, 0.2) is 34.0 Å². The topological polar surface area (TPSA) is 99.6 Å². The van der Waals surface area contributed by atoms with Gasteiger partial charge in [-0.2, -0.15) is 0 Å². The number of nitrogens with zero attached hydrogens (tertiary/aromatic N) is 1. The normalized spacial score (nSPS) is 26.6. The van der Waals surface area contributed by atoms with E-state index < -0.39 is 13.5 Å². The van der Waals surface area contributed by atoms with E-state index in [4.69, 9.17) is 13.6 Å². The molecule has 0 radical (unpaired) electrons. The van der Waals surface area contributed by atoms with Gasteiger partial charge in [0.15, 0.2) is 0 Å². The zero-order valence-corrected chi connectivity index (χ0v) is 16.7. The second-order valence-corrected chi connectivity index (χ2v) is 9.08. The molecule has 150 valence electrons. The summed E-state index contributed by atoms with van der Waals surface area (Å²) < 4.78 is 31.0. The van der Waals surface area contributed by atoms with Crippen molar-refractivity contribution < 1.29 is 18.1 Å². The van der Waals surface area contributed by atoms with E-state index in [2.05, 4.69) is 4.98 Å². The third kappa shape index (κ3) is 3.72. The van der Waals surface area contributed by atoms with Crippen LogP contribution >= 0.6 is 7.82 Å². The van der Waals surface area contributed by atoms with Crippen LogP contribution in [0.5, 0.6) is 5.75 Å². The quantitative estimate of drug-likeness (QED) is 0.783. The minimum atomic E-state index is -3.66. The molecule has 0 bridgehead atoms. The van der Waals surface area contributed by atoms with Gasteiger partial charge >= 0.3 is 13.5 Å². The van der Waals surface area contributed by atoms with Crippen LogP contribution in [0.25, 0.3) is 0 Å². The van der Waals surface area contributed by atoms with Crippen LogP contribution in [0, 0.1) is 19.8 Å². The van der Waals surface area contributed by atoms with Gasteiger partial charge in [0.05, 0.1) is 13.2 Å². The van der Waals surface area contributed by atoms with E-state index in [0.717, 1.165) is 24.0 Å². The van der Waals surface area contributed by atoms with Crippen molar-refractivity contribution in [2.24, 2.45) is 5.92 Å². The van der Waals surface area contributed by atoms with E-state index in [9.17, 15) is 14.2 Å². The van der Waals surface area contributed by atoms with E-state index >= 15 is 0 Å². The number of H-pyrrole nitrogens is 1. The van der Waals surface area contributed by atoms with Gasteiger partial charge < -0.3 is 4.52 Å². The lowest BCUT2D eigenvalue weighted by Gasteiger charge is -2.26. The van der Waals surface area contributed by atoms with Crippen molar-refractivity contribution in [2.75, 3.05) is 6.61 Å². The summed E-state index contributed by atoms with van der Waals surface area (Å²) in [4.78, 5) is 26.0. The maximum atomic E-state index is 12.8. The number of para-hydroxylation sites is 1. The molecule has 1 unspecified atom stereocenters. The van der Waals surface area contributed by atoms with Crippen LogP contribution in [0.2, 0.25) is 0 Å². The number of aromatic nitrogens is 2. The van der Waals surface area contributed by atoms with Crippen molar-refractivity contribution in [3.8, 4) is 5.75 Å². The molecule has 2 aromatic rings. The average Bonchev–Trinajstić information content (AvgIpc) is 3.13. The van der Waals surface area contributed by atoms with Gasteiger partial charge in [0, 0.05) is 23.4 Å². The molecule has 2 heterocycles. The number of phosphoric ester groups is 1. The minimum absolute atomic E-state index is 0.0197. The number of hydrogen-bond donors (Lipinski definition) is 1. The molecule has 0 amide bonds. The van der Waals surface area contributed by atoms with Crippen molar-refractivity contribution in [1.82, 2.24) is 9.55 Å². The summed E-state index contributed by atoms with van der Waals surface area (Å²) in [5.74, 6) is 0.692. The molecular formula is C19H23N2O6P. The van der Waals surface area contributed by atoms with E-state index in [1.165, 1.54) is 0 Å². The highest BCUT2D eigenvalue weighted by Gasteiger charge is 2.37. The number of aryl methyl sites for hydroxylation is 2. The van der Waals surface area contributed by atoms with Crippen LogP contribution in [0.3, 0.4) is 0 Å². The smallest absolute Gasteiger partial charge is 0.403 e. The van der Waals surface area contributed by atoms with Crippen molar-refractivity contribution in [2.45, 2.75) is 45.8 Å². The lowest BCUT2D eigenvalue weighted by molar-refractivity contribution is 0.118. The highest BCUT2D eigenvalue weighted by Crippen LogP contribution is 2.55. The molecule has 3 atom stereocenters. The molecular weight excluding hydrogens is 383 g/mol. The second-order valence-electron chi connectivity index (χ2n) is 7.48. The van der Waals surface area contributed by atoms with Crippen LogP contribution < -0.4 is 15.8 Å². The molecule has 1 aromatic heterocycles. The Balaban J connectivity index is 1.40. The fourth-order valence-electron chi connectivity index (χ4n) is 3.81. The standard InChI is InChI=1S/C19H23N2O6P/c1-12-4-3-5-15-11-26-28(24,27-17(12)15)25-10-14-6-7-16(8-14)21-9-13(2)18(22)20-19(21)23/h3-5,9,14,16H,6-8,10-11H2,1-2H3,(H,20,22,23)/t14-,16+,28?/m1/s1. The van der Waals surface area contributed by atoms with Crippen molar-refractivity contribution in [3.05, 3.63) is 61.9 Å². The van der Waals surface area contributed by atoms with Crippen LogP contribution in [0.4, 0.5) is 0 Å². The zero-order chi connectivity index (χ0) is 19.9. The first-order valence-electron chi connectivity index (χ1n) is 9.34. The zero-order valence-electron chi connectivity index (χ0n) is 15.8. The molecule has 1 fully saturated rings. The first kappa shape index (κ1) is 19.2. The number of fused-ring (bicyclic) bond motifs is 1. The van der Waals surface area contributed by atoms with E-state index in [0.29, 0.717) is 17.7 Å². The summed E-state index contributed by atoms with van der Waals surface area (Å²) in [5, 5.41) is 0. The Labute approximate surface area is 162 Å². The van der Waals surface area contributed by atoms with Gasteiger partial charge in [-0.1, -0.05) is 18.2 Å². The third-order valence-electron chi connectivity index (χ3n) is 5.40. The Bertz CT molecular complexity index is 1060. The van der Waals surface area contributed by atoms with Gasteiger partial charge in [-0.3, -0.25) is 23.4 Å². The van der Waals surface area contributed by atoms with Crippen LogP contribution in [-0.2, 0) is 20.2 Å². The van der Waals surface area contributed by atoms with Gasteiger partial charge in [-0.15, -0.1) is 0 Å². The largest absolute Gasteiger partial charge is 0.530 e. The monoisotopic (exact) mass is 406 g/mol. The molecule has 1 aliphatic carbocycles. The summed E-state index contributed by atoms with van der Waals surface area (Å²) in [5.41, 5.74) is 1.48. The SMILES string of the molecule is Cc1cccc2c1OP(=O)(OC[C@@H]1CC[C@H](n3cc(C)c(=O)[nH]c3=O)C1)OC2.